The van der Waals surface area contributed by atoms with Crippen molar-refractivity contribution in [2.24, 2.45) is 0 Å². The van der Waals surface area contributed by atoms with Gasteiger partial charge in [-0.2, -0.15) is 0 Å². The molecule has 4 nitrogen and oxygen atoms in total. The molecule has 23 heavy (non-hydrogen) atoms. The van der Waals surface area contributed by atoms with Crippen molar-refractivity contribution in [1.29, 1.82) is 0 Å². The quantitative estimate of drug-likeness (QED) is 0.824. The Balaban J connectivity index is 1.41. The Bertz CT molecular complexity index is 603. The van der Waals surface area contributed by atoms with Crippen LogP contribution in [0, 0.1) is 0 Å². The number of rotatable bonds is 7. The van der Waals surface area contributed by atoms with Gasteiger partial charge < -0.3 is 19.9 Å². The first kappa shape index (κ1) is 16.0. The van der Waals surface area contributed by atoms with Crippen molar-refractivity contribution >= 4 is 0 Å². The first-order valence-corrected chi connectivity index (χ1v) is 8.09. The van der Waals surface area contributed by atoms with Gasteiger partial charge in [-0.05, 0) is 29.7 Å². The standard InChI is InChI=1S/C19H23NO3/c21-16(14-23-17-7-2-1-3-8-17)12-20-13-19-18-9-5-4-6-15(18)10-11-22-19/h1-9,16,19-21H,10-14H2. The molecule has 2 unspecified atom stereocenters. The molecule has 0 saturated carbocycles. The van der Waals surface area contributed by atoms with Gasteiger partial charge >= 0.3 is 0 Å². The third-order valence-corrected chi connectivity index (χ3v) is 3.99. The van der Waals surface area contributed by atoms with Gasteiger partial charge in [0, 0.05) is 13.1 Å². The number of aliphatic hydroxyl groups is 1. The fraction of sp³-hybridized carbons (Fsp3) is 0.368. The second-order valence-corrected chi connectivity index (χ2v) is 5.74. The maximum absolute atomic E-state index is 10.0. The Morgan fingerprint density at radius 1 is 1.13 bits per heavy atom. The van der Waals surface area contributed by atoms with E-state index in [0.29, 0.717) is 13.1 Å². The van der Waals surface area contributed by atoms with Crippen LogP contribution in [0.5, 0.6) is 5.75 Å². The first-order valence-electron chi connectivity index (χ1n) is 8.09. The van der Waals surface area contributed by atoms with E-state index >= 15 is 0 Å². The van der Waals surface area contributed by atoms with Gasteiger partial charge in [0.25, 0.3) is 0 Å². The lowest BCUT2D eigenvalue weighted by Crippen LogP contribution is -2.35. The van der Waals surface area contributed by atoms with Crippen molar-refractivity contribution in [3.8, 4) is 5.75 Å². The molecule has 122 valence electrons. The molecule has 0 aliphatic carbocycles. The fourth-order valence-corrected chi connectivity index (χ4v) is 2.79. The molecular formula is C19H23NO3. The minimum Gasteiger partial charge on any atom is -0.491 e. The van der Waals surface area contributed by atoms with Gasteiger partial charge in [0.15, 0.2) is 0 Å². The lowest BCUT2D eigenvalue weighted by atomic mass is 9.97. The smallest absolute Gasteiger partial charge is 0.119 e. The summed E-state index contributed by atoms with van der Waals surface area (Å²) in [5.74, 6) is 0.774. The van der Waals surface area contributed by atoms with Gasteiger partial charge in [0.05, 0.1) is 12.7 Å². The highest BCUT2D eigenvalue weighted by Crippen LogP contribution is 2.26. The van der Waals surface area contributed by atoms with E-state index in [1.807, 2.05) is 36.4 Å². The van der Waals surface area contributed by atoms with Crippen LogP contribution in [-0.2, 0) is 11.2 Å². The van der Waals surface area contributed by atoms with Gasteiger partial charge in [-0.15, -0.1) is 0 Å². The molecule has 1 aliphatic rings. The molecule has 2 N–H and O–H groups in total. The van der Waals surface area contributed by atoms with E-state index in [2.05, 4.69) is 23.5 Å². The molecule has 0 saturated heterocycles. The summed E-state index contributed by atoms with van der Waals surface area (Å²) in [6.45, 7) is 2.20. The molecule has 0 radical (unpaired) electrons. The lowest BCUT2D eigenvalue weighted by molar-refractivity contribution is 0.0380. The number of fused-ring (bicyclic) bond motifs is 1. The topological polar surface area (TPSA) is 50.7 Å². The molecule has 0 fully saturated rings. The average molecular weight is 313 g/mol. The van der Waals surface area contributed by atoms with Crippen LogP contribution in [0.1, 0.15) is 17.2 Å². The van der Waals surface area contributed by atoms with Crippen LogP contribution in [0.3, 0.4) is 0 Å². The zero-order valence-electron chi connectivity index (χ0n) is 13.2. The van der Waals surface area contributed by atoms with Crippen LogP contribution in [0.25, 0.3) is 0 Å². The van der Waals surface area contributed by atoms with Crippen LogP contribution in [-0.4, -0.2) is 37.5 Å². The molecular weight excluding hydrogens is 290 g/mol. The second kappa shape index (κ2) is 8.11. The highest BCUT2D eigenvalue weighted by Gasteiger charge is 2.20. The van der Waals surface area contributed by atoms with Gasteiger partial charge in [-0.3, -0.25) is 0 Å². The molecule has 0 amide bonds. The van der Waals surface area contributed by atoms with Crippen LogP contribution < -0.4 is 10.1 Å². The van der Waals surface area contributed by atoms with Gasteiger partial charge in [0.2, 0.25) is 0 Å². The predicted molar refractivity (Wildman–Crippen MR) is 89.7 cm³/mol. The largest absolute Gasteiger partial charge is 0.491 e. The van der Waals surface area contributed by atoms with Crippen molar-refractivity contribution in [3.63, 3.8) is 0 Å². The Morgan fingerprint density at radius 2 is 1.91 bits per heavy atom. The third-order valence-electron chi connectivity index (χ3n) is 3.99. The first-order chi connectivity index (χ1) is 11.3. The molecule has 4 heteroatoms. The minimum absolute atomic E-state index is 0.0576. The average Bonchev–Trinajstić information content (AvgIpc) is 2.61. The summed E-state index contributed by atoms with van der Waals surface area (Å²) in [5.41, 5.74) is 2.61. The van der Waals surface area contributed by atoms with Crippen molar-refractivity contribution in [2.45, 2.75) is 18.6 Å². The van der Waals surface area contributed by atoms with E-state index < -0.39 is 6.10 Å². The summed E-state index contributed by atoms with van der Waals surface area (Å²) in [4.78, 5) is 0. The van der Waals surface area contributed by atoms with Gasteiger partial charge in [0.1, 0.15) is 18.5 Å². The molecule has 1 heterocycles. The highest BCUT2D eigenvalue weighted by molar-refractivity contribution is 5.31. The van der Waals surface area contributed by atoms with Gasteiger partial charge in [-0.25, -0.2) is 0 Å². The summed E-state index contributed by atoms with van der Waals surface area (Å²) >= 11 is 0. The Morgan fingerprint density at radius 3 is 2.78 bits per heavy atom. The van der Waals surface area contributed by atoms with Crippen molar-refractivity contribution in [1.82, 2.24) is 5.32 Å². The number of hydrogen-bond acceptors (Lipinski definition) is 4. The van der Waals surface area contributed by atoms with E-state index in [1.165, 1.54) is 11.1 Å². The molecule has 0 spiro atoms. The Kier molecular flexibility index (Phi) is 5.64. The fourth-order valence-electron chi connectivity index (χ4n) is 2.79. The molecule has 2 aromatic rings. The van der Waals surface area contributed by atoms with Crippen molar-refractivity contribution < 1.29 is 14.6 Å². The van der Waals surface area contributed by atoms with E-state index in [9.17, 15) is 5.11 Å². The molecule has 1 aliphatic heterocycles. The van der Waals surface area contributed by atoms with Gasteiger partial charge in [-0.1, -0.05) is 42.5 Å². The lowest BCUT2D eigenvalue weighted by Gasteiger charge is -2.26. The van der Waals surface area contributed by atoms with Crippen LogP contribution in [0.15, 0.2) is 54.6 Å². The zero-order valence-corrected chi connectivity index (χ0v) is 13.2. The summed E-state index contributed by atoms with van der Waals surface area (Å²) < 4.78 is 11.4. The maximum Gasteiger partial charge on any atom is 0.119 e. The summed E-state index contributed by atoms with van der Waals surface area (Å²) in [6, 6.07) is 17.9. The van der Waals surface area contributed by atoms with E-state index in [4.69, 9.17) is 9.47 Å². The van der Waals surface area contributed by atoms with Crippen molar-refractivity contribution in [3.05, 3.63) is 65.7 Å². The summed E-state index contributed by atoms with van der Waals surface area (Å²) in [7, 11) is 0. The number of ether oxygens (including phenoxy) is 2. The normalized spacial score (nSPS) is 18.2. The maximum atomic E-state index is 10.0. The number of hydrogen-bond donors (Lipinski definition) is 2. The number of aliphatic hydroxyl groups excluding tert-OH is 1. The predicted octanol–water partition coefficient (Wildman–Crippen LogP) is 2.33. The molecule has 3 rings (SSSR count). The summed E-state index contributed by atoms with van der Waals surface area (Å²) in [5, 5.41) is 13.3. The monoisotopic (exact) mass is 313 g/mol. The van der Waals surface area contributed by atoms with E-state index in [0.717, 1.165) is 18.8 Å². The van der Waals surface area contributed by atoms with Crippen LogP contribution >= 0.6 is 0 Å². The molecule has 0 aromatic heterocycles. The molecule has 2 aromatic carbocycles. The second-order valence-electron chi connectivity index (χ2n) is 5.74. The van der Waals surface area contributed by atoms with Crippen LogP contribution in [0.4, 0.5) is 0 Å². The number of nitrogens with one attached hydrogen (secondary N) is 1. The number of benzene rings is 2. The Labute approximate surface area is 137 Å². The highest BCUT2D eigenvalue weighted by atomic mass is 16.5. The van der Waals surface area contributed by atoms with E-state index in [-0.39, 0.29) is 12.7 Å². The van der Waals surface area contributed by atoms with Crippen molar-refractivity contribution in [2.75, 3.05) is 26.3 Å². The van der Waals surface area contributed by atoms with E-state index in [1.54, 1.807) is 0 Å². The Hall–Kier alpha value is -1.88. The summed E-state index contributed by atoms with van der Waals surface area (Å²) in [6.07, 6.45) is 0.483. The molecule has 0 bridgehead atoms. The third kappa shape index (κ3) is 4.55. The zero-order chi connectivity index (χ0) is 15.9. The number of para-hydroxylation sites is 1. The SMILES string of the molecule is OC(CNCC1OCCc2ccccc21)COc1ccccc1. The molecule has 2 atom stereocenters. The minimum atomic E-state index is -0.547. The van der Waals surface area contributed by atoms with Crippen LogP contribution in [0.2, 0.25) is 0 Å².